The number of anilines is 3. The molecule has 2 N–H and O–H groups in total. The number of hydrogen-bond donors (Lipinski definition) is 2. The predicted molar refractivity (Wildman–Crippen MR) is 126 cm³/mol. The molecular weight excluding hydrogens is 450 g/mol. The van der Waals surface area contributed by atoms with E-state index in [-0.39, 0.29) is 4.90 Å². The summed E-state index contributed by atoms with van der Waals surface area (Å²) in [6.07, 6.45) is 1.03. The lowest BCUT2D eigenvalue weighted by atomic mass is 10.2. The molecule has 0 radical (unpaired) electrons. The SMILES string of the molecule is Cc1ccc(N(CC(=O)Nc2ccc(S(=O)(=O)Nc3ccccc3)cc2)S(C)(=O)=O)cc1. The van der Waals surface area contributed by atoms with Crippen LogP contribution in [0.5, 0.6) is 0 Å². The van der Waals surface area contributed by atoms with Crippen molar-refractivity contribution in [1.82, 2.24) is 0 Å². The lowest BCUT2D eigenvalue weighted by Gasteiger charge is -2.22. The normalized spacial score (nSPS) is 11.6. The van der Waals surface area contributed by atoms with E-state index in [2.05, 4.69) is 10.0 Å². The van der Waals surface area contributed by atoms with Crippen LogP contribution in [0.4, 0.5) is 17.1 Å². The van der Waals surface area contributed by atoms with Crippen molar-refractivity contribution in [2.75, 3.05) is 27.1 Å². The highest BCUT2D eigenvalue weighted by Gasteiger charge is 2.21. The minimum absolute atomic E-state index is 0.0248. The van der Waals surface area contributed by atoms with Gasteiger partial charge in [-0.2, -0.15) is 0 Å². The Morgan fingerprint density at radius 1 is 0.812 bits per heavy atom. The molecule has 3 rings (SSSR count). The van der Waals surface area contributed by atoms with E-state index in [9.17, 15) is 21.6 Å². The third-order valence-corrected chi connectivity index (χ3v) is 7.02. The molecule has 3 aromatic carbocycles. The highest BCUT2D eigenvalue weighted by atomic mass is 32.2. The minimum atomic E-state index is -3.79. The van der Waals surface area contributed by atoms with Gasteiger partial charge in [-0.15, -0.1) is 0 Å². The van der Waals surface area contributed by atoms with E-state index in [0.717, 1.165) is 16.1 Å². The highest BCUT2D eigenvalue weighted by Crippen LogP contribution is 2.20. The molecule has 168 valence electrons. The quantitative estimate of drug-likeness (QED) is 0.522. The van der Waals surface area contributed by atoms with Crippen LogP contribution in [0.3, 0.4) is 0 Å². The number of para-hydroxylation sites is 1. The molecule has 10 heteroatoms. The van der Waals surface area contributed by atoms with Crippen molar-refractivity contribution in [1.29, 1.82) is 0 Å². The molecule has 0 atom stereocenters. The van der Waals surface area contributed by atoms with E-state index < -0.39 is 32.5 Å². The van der Waals surface area contributed by atoms with E-state index in [1.54, 1.807) is 54.6 Å². The van der Waals surface area contributed by atoms with Crippen molar-refractivity contribution < 1.29 is 21.6 Å². The maximum Gasteiger partial charge on any atom is 0.261 e. The van der Waals surface area contributed by atoms with Crippen LogP contribution in [0.25, 0.3) is 0 Å². The third kappa shape index (κ3) is 6.08. The molecule has 0 unspecified atom stereocenters. The molecule has 8 nitrogen and oxygen atoms in total. The van der Waals surface area contributed by atoms with E-state index in [1.807, 2.05) is 6.92 Å². The maximum atomic E-state index is 12.5. The van der Waals surface area contributed by atoms with Crippen LogP contribution in [0, 0.1) is 6.92 Å². The minimum Gasteiger partial charge on any atom is -0.325 e. The molecule has 3 aromatic rings. The van der Waals surface area contributed by atoms with Crippen LogP contribution in [0.15, 0.2) is 83.8 Å². The number of aryl methyl sites for hydroxylation is 1. The maximum absolute atomic E-state index is 12.5. The summed E-state index contributed by atoms with van der Waals surface area (Å²) in [7, 11) is -7.48. The summed E-state index contributed by atoms with van der Waals surface area (Å²) < 4.78 is 52.8. The lowest BCUT2D eigenvalue weighted by Crippen LogP contribution is -2.37. The summed E-state index contributed by atoms with van der Waals surface area (Å²) in [5.74, 6) is -0.561. The van der Waals surface area contributed by atoms with Gasteiger partial charge in [-0.3, -0.25) is 13.8 Å². The van der Waals surface area contributed by atoms with E-state index >= 15 is 0 Å². The lowest BCUT2D eigenvalue weighted by molar-refractivity contribution is -0.114. The van der Waals surface area contributed by atoms with E-state index in [4.69, 9.17) is 0 Å². The van der Waals surface area contributed by atoms with Gasteiger partial charge in [0.05, 0.1) is 16.8 Å². The largest absolute Gasteiger partial charge is 0.325 e. The molecule has 0 aromatic heterocycles. The number of benzene rings is 3. The molecule has 32 heavy (non-hydrogen) atoms. The van der Waals surface area contributed by atoms with Crippen molar-refractivity contribution in [2.24, 2.45) is 0 Å². The molecule has 0 aliphatic heterocycles. The first-order chi connectivity index (χ1) is 15.0. The Morgan fingerprint density at radius 3 is 1.97 bits per heavy atom. The molecular formula is C22H23N3O5S2. The van der Waals surface area contributed by atoms with Crippen molar-refractivity contribution in [2.45, 2.75) is 11.8 Å². The Kier molecular flexibility index (Phi) is 6.85. The Bertz CT molecular complexity index is 1290. The average molecular weight is 474 g/mol. The molecule has 0 aliphatic rings. The van der Waals surface area contributed by atoms with Crippen LogP contribution in [-0.4, -0.2) is 35.5 Å². The molecule has 0 aliphatic carbocycles. The zero-order chi connectivity index (χ0) is 23.4. The van der Waals surface area contributed by atoms with Crippen LogP contribution in [-0.2, 0) is 24.8 Å². The molecule has 0 heterocycles. The van der Waals surface area contributed by atoms with Gasteiger partial charge in [-0.25, -0.2) is 16.8 Å². The summed E-state index contributed by atoms with van der Waals surface area (Å²) in [4.78, 5) is 12.5. The summed E-state index contributed by atoms with van der Waals surface area (Å²) >= 11 is 0. The molecule has 0 saturated carbocycles. The van der Waals surface area contributed by atoms with E-state index in [0.29, 0.717) is 17.1 Å². The Balaban J connectivity index is 1.70. The van der Waals surface area contributed by atoms with Gasteiger partial charge in [-0.1, -0.05) is 35.9 Å². The van der Waals surface area contributed by atoms with Gasteiger partial charge in [0.25, 0.3) is 10.0 Å². The number of nitrogens with one attached hydrogen (secondary N) is 2. The summed E-state index contributed by atoms with van der Waals surface area (Å²) in [5, 5.41) is 2.59. The summed E-state index contributed by atoms with van der Waals surface area (Å²) in [6, 6.07) is 20.8. The predicted octanol–water partition coefficient (Wildman–Crippen LogP) is 3.20. The number of amides is 1. The Morgan fingerprint density at radius 2 is 1.41 bits per heavy atom. The van der Waals surface area contributed by atoms with Gasteiger partial charge >= 0.3 is 0 Å². The monoisotopic (exact) mass is 473 g/mol. The first kappa shape index (κ1) is 23.3. The number of carbonyl (C=O) groups excluding carboxylic acids is 1. The van der Waals surface area contributed by atoms with Crippen LogP contribution >= 0.6 is 0 Å². The fourth-order valence-corrected chi connectivity index (χ4v) is 4.79. The smallest absolute Gasteiger partial charge is 0.261 e. The number of sulfonamides is 2. The Hall–Kier alpha value is -3.37. The second-order valence-corrected chi connectivity index (χ2v) is 10.7. The number of rotatable bonds is 8. The fraction of sp³-hybridized carbons (Fsp3) is 0.136. The van der Waals surface area contributed by atoms with Crippen LogP contribution in [0.2, 0.25) is 0 Å². The fourth-order valence-electron chi connectivity index (χ4n) is 2.88. The first-order valence-electron chi connectivity index (χ1n) is 9.57. The van der Waals surface area contributed by atoms with Crippen molar-refractivity contribution >= 4 is 43.0 Å². The molecule has 0 spiro atoms. The van der Waals surface area contributed by atoms with Crippen LogP contribution < -0.4 is 14.3 Å². The number of carbonyl (C=O) groups is 1. The van der Waals surface area contributed by atoms with Crippen molar-refractivity contribution in [3.05, 3.63) is 84.4 Å². The van der Waals surface area contributed by atoms with Gasteiger partial charge in [0, 0.05) is 11.4 Å². The van der Waals surface area contributed by atoms with Gasteiger partial charge in [0.2, 0.25) is 15.9 Å². The zero-order valence-electron chi connectivity index (χ0n) is 17.5. The van der Waals surface area contributed by atoms with Gasteiger partial charge in [0.15, 0.2) is 0 Å². The number of nitrogens with zero attached hydrogens (tertiary/aromatic N) is 1. The first-order valence-corrected chi connectivity index (χ1v) is 12.9. The summed E-state index contributed by atoms with van der Waals surface area (Å²) in [5.41, 5.74) is 2.11. The van der Waals surface area contributed by atoms with Crippen LogP contribution in [0.1, 0.15) is 5.56 Å². The second-order valence-electron chi connectivity index (χ2n) is 7.15. The zero-order valence-corrected chi connectivity index (χ0v) is 19.2. The van der Waals surface area contributed by atoms with Crippen molar-refractivity contribution in [3.8, 4) is 0 Å². The van der Waals surface area contributed by atoms with E-state index in [1.165, 1.54) is 24.3 Å². The van der Waals surface area contributed by atoms with Gasteiger partial charge in [0.1, 0.15) is 6.54 Å². The van der Waals surface area contributed by atoms with Gasteiger partial charge in [-0.05, 0) is 55.5 Å². The third-order valence-electron chi connectivity index (χ3n) is 4.48. The Labute approximate surface area is 188 Å². The second kappa shape index (κ2) is 9.41. The topological polar surface area (TPSA) is 113 Å². The van der Waals surface area contributed by atoms with Crippen molar-refractivity contribution in [3.63, 3.8) is 0 Å². The average Bonchev–Trinajstić information content (AvgIpc) is 2.73. The molecule has 0 saturated heterocycles. The van der Waals surface area contributed by atoms with Gasteiger partial charge < -0.3 is 5.32 Å². The number of hydrogen-bond acceptors (Lipinski definition) is 5. The summed E-state index contributed by atoms with van der Waals surface area (Å²) in [6.45, 7) is 1.46. The molecule has 0 fully saturated rings. The standard InChI is InChI=1S/C22H23N3O5S2/c1-17-8-12-20(13-9-17)25(31(2,27)28)16-22(26)23-18-10-14-21(15-11-18)32(29,30)24-19-6-4-3-5-7-19/h3-15,24H,16H2,1-2H3,(H,23,26). The molecule has 0 bridgehead atoms. The highest BCUT2D eigenvalue weighted by molar-refractivity contribution is 7.92. The molecule has 1 amide bonds.